The molecule has 0 aliphatic carbocycles. The van der Waals surface area contributed by atoms with Crippen molar-refractivity contribution in [3.63, 3.8) is 0 Å². The molecule has 0 radical (unpaired) electrons. The van der Waals surface area contributed by atoms with E-state index in [0.29, 0.717) is 16.9 Å². The topological polar surface area (TPSA) is 68.4 Å². The highest BCUT2D eigenvalue weighted by molar-refractivity contribution is 6.10. The first kappa shape index (κ1) is 16.8. The third-order valence-corrected chi connectivity index (χ3v) is 4.15. The van der Waals surface area contributed by atoms with Gasteiger partial charge in [0, 0.05) is 22.7 Å². The molecule has 0 spiro atoms. The second-order valence-corrected chi connectivity index (χ2v) is 5.84. The Morgan fingerprint density at radius 1 is 1.12 bits per heavy atom. The Balaban J connectivity index is 1.78. The van der Waals surface area contributed by atoms with E-state index in [1.54, 1.807) is 38.4 Å². The molecule has 0 bridgehead atoms. The van der Waals surface area contributed by atoms with E-state index < -0.39 is 12.1 Å². The quantitative estimate of drug-likeness (QED) is 0.566. The normalized spacial score (nSPS) is 12.0. The van der Waals surface area contributed by atoms with Gasteiger partial charge in [0.25, 0.3) is 0 Å². The van der Waals surface area contributed by atoms with Gasteiger partial charge in [-0.3, -0.25) is 4.79 Å². The van der Waals surface area contributed by atoms with Crippen LogP contribution in [0.5, 0.6) is 5.75 Å². The molecule has 0 saturated heterocycles. The summed E-state index contributed by atoms with van der Waals surface area (Å²) in [5, 5.41) is 0.812. The number of methoxy groups -OCH3 is 1. The summed E-state index contributed by atoms with van der Waals surface area (Å²) in [7, 11) is 1.54. The number of aryl methyl sites for hydroxylation is 1. The number of esters is 1. The van der Waals surface area contributed by atoms with Crippen LogP contribution in [0.4, 0.5) is 0 Å². The number of H-pyrrole nitrogens is 1. The molecule has 0 saturated carbocycles. The van der Waals surface area contributed by atoms with E-state index in [1.165, 1.54) is 0 Å². The summed E-state index contributed by atoms with van der Waals surface area (Å²) < 4.78 is 10.6. The van der Waals surface area contributed by atoms with Gasteiger partial charge in [-0.2, -0.15) is 0 Å². The Hall–Kier alpha value is -3.08. The van der Waals surface area contributed by atoms with Crippen LogP contribution in [0, 0.1) is 6.92 Å². The zero-order chi connectivity index (χ0) is 18.0. The smallest absolute Gasteiger partial charge is 0.338 e. The minimum Gasteiger partial charge on any atom is -0.496 e. The van der Waals surface area contributed by atoms with E-state index in [-0.39, 0.29) is 5.78 Å². The van der Waals surface area contributed by atoms with Crippen molar-refractivity contribution in [3.05, 3.63) is 65.4 Å². The van der Waals surface area contributed by atoms with Gasteiger partial charge < -0.3 is 14.5 Å². The maximum atomic E-state index is 12.6. The number of nitrogens with one attached hydrogen (secondary N) is 1. The second-order valence-electron chi connectivity index (χ2n) is 5.84. The molecule has 3 rings (SSSR count). The molecule has 5 heteroatoms. The Morgan fingerprint density at radius 3 is 2.64 bits per heavy atom. The highest BCUT2D eigenvalue weighted by atomic mass is 16.5. The summed E-state index contributed by atoms with van der Waals surface area (Å²) >= 11 is 0. The van der Waals surface area contributed by atoms with Crippen LogP contribution in [-0.4, -0.2) is 30.0 Å². The van der Waals surface area contributed by atoms with E-state index in [0.717, 1.165) is 16.5 Å². The maximum Gasteiger partial charge on any atom is 0.338 e. The number of hydrogen-bond donors (Lipinski definition) is 1. The summed E-state index contributed by atoms with van der Waals surface area (Å²) in [5.74, 6) is -0.200. The Bertz CT molecular complexity index is 942. The molecular weight excluding hydrogens is 318 g/mol. The molecule has 1 N–H and O–H groups in total. The summed E-state index contributed by atoms with van der Waals surface area (Å²) in [6.45, 7) is 3.46. The van der Waals surface area contributed by atoms with E-state index in [2.05, 4.69) is 4.98 Å². The number of rotatable bonds is 5. The molecule has 2 aromatic carbocycles. The van der Waals surface area contributed by atoms with Gasteiger partial charge in [0.1, 0.15) is 5.75 Å². The van der Waals surface area contributed by atoms with Crippen molar-refractivity contribution in [2.24, 2.45) is 0 Å². The van der Waals surface area contributed by atoms with Gasteiger partial charge in [0.2, 0.25) is 5.78 Å². The van der Waals surface area contributed by atoms with Gasteiger partial charge in [0.05, 0.1) is 12.7 Å². The first-order chi connectivity index (χ1) is 12.0. The highest BCUT2D eigenvalue weighted by Crippen LogP contribution is 2.22. The Morgan fingerprint density at radius 2 is 1.88 bits per heavy atom. The molecule has 0 aliphatic rings. The average molecular weight is 337 g/mol. The van der Waals surface area contributed by atoms with Crippen molar-refractivity contribution < 1.29 is 19.1 Å². The molecule has 1 heterocycles. The predicted molar refractivity (Wildman–Crippen MR) is 95.2 cm³/mol. The lowest BCUT2D eigenvalue weighted by Crippen LogP contribution is -2.24. The molecule has 0 fully saturated rings. The average Bonchev–Trinajstić information content (AvgIpc) is 3.05. The SMILES string of the molecule is COc1cc(C(=O)O[C@H](C)C(=O)c2c[nH]c3ccccc23)ccc1C. The lowest BCUT2D eigenvalue weighted by atomic mass is 10.1. The first-order valence-corrected chi connectivity index (χ1v) is 7.97. The summed E-state index contributed by atoms with van der Waals surface area (Å²) in [6, 6.07) is 12.6. The van der Waals surface area contributed by atoms with Gasteiger partial charge in [-0.15, -0.1) is 0 Å². The fourth-order valence-corrected chi connectivity index (χ4v) is 2.72. The van der Waals surface area contributed by atoms with E-state index >= 15 is 0 Å². The number of hydrogen-bond acceptors (Lipinski definition) is 4. The number of Topliss-reactive ketones (excluding diaryl/α,β-unsaturated/α-hetero) is 1. The van der Waals surface area contributed by atoms with Crippen LogP contribution in [0.25, 0.3) is 10.9 Å². The van der Waals surface area contributed by atoms with Crippen molar-refractivity contribution in [1.29, 1.82) is 0 Å². The van der Waals surface area contributed by atoms with Crippen LogP contribution in [0.1, 0.15) is 33.2 Å². The van der Waals surface area contributed by atoms with E-state index in [4.69, 9.17) is 9.47 Å². The molecule has 1 atom stereocenters. The van der Waals surface area contributed by atoms with Gasteiger partial charge >= 0.3 is 5.97 Å². The number of ether oxygens (including phenoxy) is 2. The van der Waals surface area contributed by atoms with Crippen LogP contribution in [0.3, 0.4) is 0 Å². The molecule has 3 aromatic rings. The second kappa shape index (κ2) is 6.81. The molecule has 0 unspecified atom stereocenters. The van der Waals surface area contributed by atoms with Gasteiger partial charge in [-0.05, 0) is 37.6 Å². The Labute approximate surface area is 145 Å². The minimum atomic E-state index is -0.890. The fraction of sp³-hybridized carbons (Fsp3) is 0.200. The van der Waals surface area contributed by atoms with Gasteiger partial charge in [0.15, 0.2) is 6.10 Å². The van der Waals surface area contributed by atoms with Gasteiger partial charge in [-0.25, -0.2) is 4.79 Å². The van der Waals surface area contributed by atoms with Crippen molar-refractivity contribution in [3.8, 4) is 5.75 Å². The number of aromatic amines is 1. The summed E-state index contributed by atoms with van der Waals surface area (Å²) in [4.78, 5) is 28.0. The zero-order valence-corrected chi connectivity index (χ0v) is 14.3. The number of fused-ring (bicyclic) bond motifs is 1. The Kier molecular flexibility index (Phi) is 4.57. The van der Waals surface area contributed by atoms with Crippen LogP contribution < -0.4 is 4.74 Å². The van der Waals surface area contributed by atoms with Crippen molar-refractivity contribution in [2.45, 2.75) is 20.0 Å². The number of para-hydroxylation sites is 1. The summed E-state index contributed by atoms with van der Waals surface area (Å²) in [5.41, 5.74) is 2.65. The van der Waals surface area contributed by atoms with Crippen molar-refractivity contribution in [1.82, 2.24) is 4.98 Å². The van der Waals surface area contributed by atoms with E-state index in [9.17, 15) is 9.59 Å². The van der Waals surface area contributed by atoms with Crippen LogP contribution >= 0.6 is 0 Å². The van der Waals surface area contributed by atoms with E-state index in [1.807, 2.05) is 31.2 Å². The standard InChI is InChI=1S/C20H19NO4/c1-12-8-9-14(10-18(12)24-3)20(23)25-13(2)19(22)16-11-21-17-7-5-4-6-15(16)17/h4-11,13,21H,1-3H3/t13-/m1/s1. The number of benzene rings is 2. The fourth-order valence-electron chi connectivity index (χ4n) is 2.72. The van der Waals surface area contributed by atoms with Crippen LogP contribution in [0.2, 0.25) is 0 Å². The predicted octanol–water partition coefficient (Wildman–Crippen LogP) is 3.91. The van der Waals surface area contributed by atoms with Crippen LogP contribution in [-0.2, 0) is 4.74 Å². The molecule has 128 valence electrons. The van der Waals surface area contributed by atoms with Crippen molar-refractivity contribution >= 4 is 22.7 Å². The molecule has 25 heavy (non-hydrogen) atoms. The zero-order valence-electron chi connectivity index (χ0n) is 14.3. The number of aromatic nitrogens is 1. The first-order valence-electron chi connectivity index (χ1n) is 7.97. The third-order valence-electron chi connectivity index (χ3n) is 4.15. The monoisotopic (exact) mass is 337 g/mol. The summed E-state index contributed by atoms with van der Waals surface area (Å²) in [6.07, 6.45) is 0.755. The lowest BCUT2D eigenvalue weighted by Gasteiger charge is -2.13. The number of carbonyl (C=O) groups is 2. The van der Waals surface area contributed by atoms with Gasteiger partial charge in [-0.1, -0.05) is 24.3 Å². The lowest BCUT2D eigenvalue weighted by molar-refractivity contribution is 0.0319. The molecule has 0 aliphatic heterocycles. The maximum absolute atomic E-state index is 12.6. The van der Waals surface area contributed by atoms with Crippen molar-refractivity contribution in [2.75, 3.05) is 7.11 Å². The number of carbonyl (C=O) groups excluding carboxylic acids is 2. The molecule has 1 aromatic heterocycles. The number of ketones is 1. The van der Waals surface area contributed by atoms with Crippen LogP contribution in [0.15, 0.2) is 48.7 Å². The minimum absolute atomic E-state index is 0.245. The molecule has 0 amide bonds. The molecular formula is C20H19NO4. The third kappa shape index (κ3) is 3.26. The highest BCUT2D eigenvalue weighted by Gasteiger charge is 2.23. The largest absolute Gasteiger partial charge is 0.496 e. The molecule has 5 nitrogen and oxygen atoms in total.